The van der Waals surface area contributed by atoms with Crippen LogP contribution in [0, 0.1) is 0 Å². The fourth-order valence-corrected chi connectivity index (χ4v) is 4.06. The van der Waals surface area contributed by atoms with Gasteiger partial charge in [0.25, 0.3) is 5.91 Å². The number of amides is 1. The van der Waals surface area contributed by atoms with Gasteiger partial charge in [-0.1, -0.05) is 24.3 Å². The summed E-state index contributed by atoms with van der Waals surface area (Å²) in [4.78, 5) is 19.3. The average Bonchev–Trinajstić information content (AvgIpc) is 3.34. The third-order valence-corrected chi connectivity index (χ3v) is 5.56. The van der Waals surface area contributed by atoms with Gasteiger partial charge in [0.05, 0.1) is 13.2 Å². The maximum absolute atomic E-state index is 13.4. The number of phenolic OH excluding ortho intramolecular Hbond substituents is 1. The van der Waals surface area contributed by atoms with Crippen molar-refractivity contribution in [3.05, 3.63) is 95.4 Å². The topological polar surface area (TPSA) is 91.3 Å². The second-order valence-electron chi connectivity index (χ2n) is 7.34. The molecule has 5 rings (SSSR count). The van der Waals surface area contributed by atoms with Gasteiger partial charge in [-0.05, 0) is 47.5 Å². The molecule has 0 unspecified atom stereocenters. The quantitative estimate of drug-likeness (QED) is 0.518. The number of benzene rings is 2. The first-order chi connectivity index (χ1) is 15.2. The Morgan fingerprint density at radius 1 is 1.06 bits per heavy atom. The maximum atomic E-state index is 13.4. The standard InChI is InChI=1S/C24H20N4O3/c1-31-17-8-6-16(7-9-17)23-20-21(18-4-2-3-5-19(18)29)26-27-22(20)24(30)28(23)14-15-10-12-25-13-11-15/h2-13,23,29H,14H2,1H3,(H,26,27)/t23-/m0/s1. The summed E-state index contributed by atoms with van der Waals surface area (Å²) in [6, 6.07) is 18.1. The van der Waals surface area contributed by atoms with Crippen molar-refractivity contribution in [2.75, 3.05) is 7.11 Å². The molecule has 1 atom stereocenters. The average molecular weight is 412 g/mol. The SMILES string of the molecule is COc1ccc([C@H]2c3c(-c4ccccc4O)n[nH]c3C(=O)N2Cc2ccncc2)cc1. The number of para-hydroxylation sites is 1. The highest BCUT2D eigenvalue weighted by molar-refractivity contribution is 6.00. The van der Waals surface area contributed by atoms with E-state index in [4.69, 9.17) is 4.74 Å². The summed E-state index contributed by atoms with van der Waals surface area (Å²) in [5.41, 5.74) is 4.25. The molecule has 3 heterocycles. The number of hydrogen-bond donors (Lipinski definition) is 2. The van der Waals surface area contributed by atoms with E-state index in [1.54, 1.807) is 37.7 Å². The van der Waals surface area contributed by atoms with Gasteiger partial charge in [0.15, 0.2) is 0 Å². The highest BCUT2D eigenvalue weighted by atomic mass is 16.5. The molecular formula is C24H20N4O3. The first kappa shape index (κ1) is 18.9. The molecule has 154 valence electrons. The molecule has 2 aromatic heterocycles. The summed E-state index contributed by atoms with van der Waals surface area (Å²) in [7, 11) is 1.62. The molecule has 0 saturated heterocycles. The minimum atomic E-state index is -0.366. The number of aromatic hydroxyl groups is 1. The number of fused-ring (bicyclic) bond motifs is 1. The third kappa shape index (κ3) is 3.20. The predicted octanol–water partition coefficient (Wildman–Crippen LogP) is 3.93. The number of rotatable bonds is 5. The molecule has 0 fully saturated rings. The van der Waals surface area contributed by atoms with E-state index in [0.29, 0.717) is 23.5 Å². The van der Waals surface area contributed by atoms with E-state index < -0.39 is 0 Å². The first-order valence-electron chi connectivity index (χ1n) is 9.88. The number of carbonyl (C=O) groups excluding carboxylic acids is 1. The van der Waals surface area contributed by atoms with Crippen molar-refractivity contribution in [3.63, 3.8) is 0 Å². The number of nitrogens with one attached hydrogen (secondary N) is 1. The van der Waals surface area contributed by atoms with E-state index in [1.165, 1.54) is 0 Å². The Morgan fingerprint density at radius 3 is 2.52 bits per heavy atom. The van der Waals surface area contributed by atoms with Crippen molar-refractivity contribution in [1.82, 2.24) is 20.1 Å². The number of methoxy groups -OCH3 is 1. The monoisotopic (exact) mass is 412 g/mol. The molecule has 31 heavy (non-hydrogen) atoms. The van der Waals surface area contributed by atoms with Crippen molar-refractivity contribution in [2.45, 2.75) is 12.6 Å². The lowest BCUT2D eigenvalue weighted by Gasteiger charge is -2.26. The van der Waals surface area contributed by atoms with Gasteiger partial charge in [-0.15, -0.1) is 0 Å². The van der Waals surface area contributed by atoms with E-state index in [0.717, 1.165) is 22.4 Å². The molecule has 1 aliphatic heterocycles. The third-order valence-electron chi connectivity index (χ3n) is 5.56. The van der Waals surface area contributed by atoms with E-state index in [1.807, 2.05) is 47.4 Å². The maximum Gasteiger partial charge on any atom is 0.273 e. The van der Waals surface area contributed by atoms with Gasteiger partial charge < -0.3 is 14.7 Å². The van der Waals surface area contributed by atoms with Gasteiger partial charge in [-0.2, -0.15) is 5.10 Å². The number of nitrogens with zero attached hydrogens (tertiary/aromatic N) is 3. The Hall–Kier alpha value is -4.13. The summed E-state index contributed by atoms with van der Waals surface area (Å²) in [6.45, 7) is 0.417. The number of carbonyl (C=O) groups is 1. The summed E-state index contributed by atoms with van der Waals surface area (Å²) in [5.74, 6) is 0.717. The minimum Gasteiger partial charge on any atom is -0.507 e. The number of ether oxygens (including phenoxy) is 1. The van der Waals surface area contributed by atoms with Crippen LogP contribution in [0.1, 0.15) is 33.2 Å². The zero-order valence-electron chi connectivity index (χ0n) is 16.8. The van der Waals surface area contributed by atoms with Crippen LogP contribution in [0.25, 0.3) is 11.3 Å². The normalized spacial score (nSPS) is 15.2. The number of phenols is 1. The number of aromatic amines is 1. The number of aromatic nitrogens is 3. The largest absolute Gasteiger partial charge is 0.507 e. The van der Waals surface area contributed by atoms with Crippen molar-refractivity contribution in [2.24, 2.45) is 0 Å². The minimum absolute atomic E-state index is 0.116. The van der Waals surface area contributed by atoms with Gasteiger partial charge >= 0.3 is 0 Å². The van der Waals surface area contributed by atoms with Crippen LogP contribution in [0.15, 0.2) is 73.1 Å². The van der Waals surface area contributed by atoms with Crippen LogP contribution in [-0.4, -0.2) is 38.2 Å². The lowest BCUT2D eigenvalue weighted by atomic mass is 9.95. The predicted molar refractivity (Wildman–Crippen MR) is 115 cm³/mol. The van der Waals surface area contributed by atoms with Crippen LogP contribution < -0.4 is 4.74 Å². The zero-order valence-corrected chi connectivity index (χ0v) is 16.8. The summed E-state index contributed by atoms with van der Waals surface area (Å²) in [6.07, 6.45) is 3.43. The fourth-order valence-electron chi connectivity index (χ4n) is 4.06. The van der Waals surface area contributed by atoms with Crippen LogP contribution in [0.3, 0.4) is 0 Å². The van der Waals surface area contributed by atoms with Gasteiger partial charge in [0.2, 0.25) is 0 Å². The molecule has 0 spiro atoms. The highest BCUT2D eigenvalue weighted by Gasteiger charge is 2.42. The van der Waals surface area contributed by atoms with Crippen molar-refractivity contribution in [1.29, 1.82) is 0 Å². The second-order valence-corrected chi connectivity index (χ2v) is 7.34. The number of hydrogen-bond acceptors (Lipinski definition) is 5. The molecule has 1 amide bonds. The van der Waals surface area contributed by atoms with Crippen LogP contribution in [0.5, 0.6) is 11.5 Å². The fraction of sp³-hybridized carbons (Fsp3) is 0.125. The molecule has 0 radical (unpaired) electrons. The molecule has 4 aromatic rings. The molecule has 0 bridgehead atoms. The van der Waals surface area contributed by atoms with Crippen molar-refractivity contribution < 1.29 is 14.6 Å². The Morgan fingerprint density at radius 2 is 1.81 bits per heavy atom. The zero-order chi connectivity index (χ0) is 21.4. The molecule has 2 N–H and O–H groups in total. The molecule has 1 aliphatic rings. The van der Waals surface area contributed by atoms with Crippen molar-refractivity contribution in [3.8, 4) is 22.8 Å². The molecule has 2 aromatic carbocycles. The highest BCUT2D eigenvalue weighted by Crippen LogP contribution is 2.45. The molecular weight excluding hydrogens is 392 g/mol. The van der Waals surface area contributed by atoms with Crippen LogP contribution >= 0.6 is 0 Å². The van der Waals surface area contributed by atoms with E-state index in [-0.39, 0.29) is 17.7 Å². The van der Waals surface area contributed by atoms with Gasteiger partial charge in [-0.25, -0.2) is 0 Å². The summed E-state index contributed by atoms with van der Waals surface area (Å²) >= 11 is 0. The first-order valence-corrected chi connectivity index (χ1v) is 9.88. The second kappa shape index (κ2) is 7.60. The van der Waals surface area contributed by atoms with E-state index in [2.05, 4.69) is 15.2 Å². The van der Waals surface area contributed by atoms with Gasteiger partial charge in [-0.3, -0.25) is 14.9 Å². The number of pyridine rings is 1. The lowest BCUT2D eigenvalue weighted by Crippen LogP contribution is -2.29. The Balaban J connectivity index is 1.66. The molecule has 0 saturated carbocycles. The van der Waals surface area contributed by atoms with Gasteiger partial charge in [0.1, 0.15) is 22.9 Å². The Labute approximate surface area is 179 Å². The van der Waals surface area contributed by atoms with E-state index >= 15 is 0 Å². The molecule has 7 heteroatoms. The van der Waals surface area contributed by atoms with Crippen molar-refractivity contribution >= 4 is 5.91 Å². The smallest absolute Gasteiger partial charge is 0.273 e. The van der Waals surface area contributed by atoms with Crippen LogP contribution in [-0.2, 0) is 6.54 Å². The van der Waals surface area contributed by atoms with Gasteiger partial charge in [0, 0.05) is 30.1 Å². The van der Waals surface area contributed by atoms with Crippen LogP contribution in [0.2, 0.25) is 0 Å². The Kier molecular flexibility index (Phi) is 4.63. The van der Waals surface area contributed by atoms with E-state index in [9.17, 15) is 9.90 Å². The molecule has 7 nitrogen and oxygen atoms in total. The molecule has 0 aliphatic carbocycles. The summed E-state index contributed by atoms with van der Waals surface area (Å²) < 4.78 is 5.30. The summed E-state index contributed by atoms with van der Waals surface area (Å²) in [5, 5.41) is 17.7. The number of H-pyrrole nitrogens is 1. The lowest BCUT2D eigenvalue weighted by molar-refractivity contribution is 0.0730. The van der Waals surface area contributed by atoms with Crippen LogP contribution in [0.4, 0.5) is 0 Å². The Bertz CT molecular complexity index is 1240.